The van der Waals surface area contributed by atoms with Crippen molar-refractivity contribution in [1.82, 2.24) is 15.2 Å². The Hall–Kier alpha value is -3.09. The zero-order valence-corrected chi connectivity index (χ0v) is 19.8. The first-order valence-electron chi connectivity index (χ1n) is 11.7. The Morgan fingerprint density at radius 1 is 1.12 bits per heavy atom. The topological polar surface area (TPSA) is 94.6 Å². The van der Waals surface area contributed by atoms with E-state index in [0.717, 1.165) is 36.1 Å². The zero-order valence-electron chi connectivity index (χ0n) is 19.8. The highest BCUT2D eigenvalue weighted by atomic mass is 16.5. The number of aromatic nitrogens is 1. The number of rotatable bonds is 8. The van der Waals surface area contributed by atoms with E-state index in [1.165, 1.54) is 6.42 Å². The van der Waals surface area contributed by atoms with Crippen LogP contribution in [0.3, 0.4) is 0 Å². The summed E-state index contributed by atoms with van der Waals surface area (Å²) in [6.45, 7) is 5.71. The third-order valence-corrected chi connectivity index (χ3v) is 5.93. The summed E-state index contributed by atoms with van der Waals surface area (Å²) < 4.78 is 5.78. The Labute approximate surface area is 196 Å². The molecule has 0 radical (unpaired) electrons. The summed E-state index contributed by atoms with van der Waals surface area (Å²) in [5.74, 6) is 0.311. The summed E-state index contributed by atoms with van der Waals surface area (Å²) in [7, 11) is 0. The highest BCUT2D eigenvalue weighted by molar-refractivity contribution is 5.85. The van der Waals surface area contributed by atoms with Gasteiger partial charge in [0.1, 0.15) is 24.5 Å². The van der Waals surface area contributed by atoms with Crippen molar-refractivity contribution in [2.24, 2.45) is 0 Å². The van der Waals surface area contributed by atoms with Crippen molar-refractivity contribution in [3.63, 3.8) is 0 Å². The van der Waals surface area contributed by atoms with Gasteiger partial charge in [0, 0.05) is 23.7 Å². The molecule has 1 aliphatic carbocycles. The SMILES string of the molecule is CC(C)(C)N(C(=O)[O-])C(Cc1ccc(OCc2ccccc2)cn1)C(=O)NC1CCCCC1. The monoisotopic (exact) mass is 452 g/mol. The zero-order chi connectivity index (χ0) is 23.8. The molecule has 1 saturated carbocycles. The lowest BCUT2D eigenvalue weighted by molar-refractivity contribution is -0.273. The van der Waals surface area contributed by atoms with Crippen molar-refractivity contribution in [3.8, 4) is 5.75 Å². The van der Waals surface area contributed by atoms with E-state index >= 15 is 0 Å². The number of carbonyl (C=O) groups is 2. The van der Waals surface area contributed by atoms with Crippen molar-refractivity contribution < 1.29 is 19.4 Å². The number of pyridine rings is 1. The van der Waals surface area contributed by atoms with Crippen molar-refractivity contribution in [3.05, 3.63) is 59.9 Å². The maximum Gasteiger partial charge on any atom is 0.243 e. The van der Waals surface area contributed by atoms with Gasteiger partial charge in [-0.1, -0.05) is 49.6 Å². The molecule has 1 heterocycles. The predicted octanol–water partition coefficient (Wildman–Crippen LogP) is 3.46. The van der Waals surface area contributed by atoms with Crippen LogP contribution >= 0.6 is 0 Å². The highest BCUT2D eigenvalue weighted by Gasteiger charge is 2.35. The average Bonchev–Trinajstić information content (AvgIpc) is 2.78. The van der Waals surface area contributed by atoms with E-state index in [1.807, 2.05) is 30.3 Å². The van der Waals surface area contributed by atoms with Crippen LogP contribution in [0.4, 0.5) is 4.79 Å². The van der Waals surface area contributed by atoms with Crippen LogP contribution in [0.5, 0.6) is 5.75 Å². The second-order valence-electron chi connectivity index (χ2n) is 9.63. The fourth-order valence-corrected chi connectivity index (χ4v) is 4.27. The van der Waals surface area contributed by atoms with E-state index in [1.54, 1.807) is 39.1 Å². The Kier molecular flexibility index (Phi) is 8.31. The summed E-state index contributed by atoms with van der Waals surface area (Å²) in [6, 6.07) is 12.6. The number of nitrogens with zero attached hydrogens (tertiary/aromatic N) is 2. The molecule has 1 aromatic carbocycles. The number of nitrogens with one attached hydrogen (secondary N) is 1. The minimum Gasteiger partial charge on any atom is -0.530 e. The third kappa shape index (κ3) is 7.20. The lowest BCUT2D eigenvalue weighted by atomic mass is 9.94. The maximum atomic E-state index is 13.2. The van der Waals surface area contributed by atoms with Crippen LogP contribution < -0.4 is 15.2 Å². The predicted molar refractivity (Wildman–Crippen MR) is 125 cm³/mol. The largest absolute Gasteiger partial charge is 0.530 e. The fourth-order valence-electron chi connectivity index (χ4n) is 4.27. The Bertz CT molecular complexity index is 903. The van der Waals surface area contributed by atoms with Crippen LogP contribution in [0.2, 0.25) is 0 Å². The summed E-state index contributed by atoms with van der Waals surface area (Å²) >= 11 is 0. The smallest absolute Gasteiger partial charge is 0.243 e. The number of hydrogen-bond donors (Lipinski definition) is 1. The number of amides is 2. The van der Waals surface area contributed by atoms with Gasteiger partial charge in [0.05, 0.1) is 6.20 Å². The number of ether oxygens (including phenoxy) is 1. The van der Waals surface area contributed by atoms with E-state index in [-0.39, 0.29) is 18.4 Å². The number of benzene rings is 1. The molecular formula is C26H34N3O4-. The van der Waals surface area contributed by atoms with Crippen LogP contribution in [-0.2, 0) is 17.8 Å². The second kappa shape index (κ2) is 11.2. The molecule has 33 heavy (non-hydrogen) atoms. The molecule has 178 valence electrons. The molecule has 1 N–H and O–H groups in total. The van der Waals surface area contributed by atoms with Crippen LogP contribution in [0.15, 0.2) is 48.7 Å². The van der Waals surface area contributed by atoms with Gasteiger partial charge in [-0.05, 0) is 51.3 Å². The summed E-state index contributed by atoms with van der Waals surface area (Å²) in [5, 5.41) is 15.1. The Morgan fingerprint density at radius 2 is 1.82 bits per heavy atom. The molecule has 7 nitrogen and oxygen atoms in total. The molecule has 1 atom stereocenters. The van der Waals surface area contributed by atoms with E-state index in [0.29, 0.717) is 18.1 Å². The van der Waals surface area contributed by atoms with E-state index < -0.39 is 17.7 Å². The van der Waals surface area contributed by atoms with Gasteiger partial charge in [-0.3, -0.25) is 9.78 Å². The van der Waals surface area contributed by atoms with Crippen molar-refractivity contribution in [2.45, 2.75) is 83.5 Å². The molecule has 3 rings (SSSR count). The quantitative estimate of drug-likeness (QED) is 0.662. The van der Waals surface area contributed by atoms with Gasteiger partial charge < -0.3 is 24.9 Å². The average molecular weight is 453 g/mol. The fraction of sp³-hybridized carbons (Fsp3) is 0.500. The molecule has 0 saturated heterocycles. The van der Waals surface area contributed by atoms with E-state index in [2.05, 4.69) is 10.3 Å². The number of carboxylic acid groups (broad SMARTS) is 1. The van der Waals surface area contributed by atoms with Crippen molar-refractivity contribution in [1.29, 1.82) is 0 Å². The molecule has 1 unspecified atom stereocenters. The molecule has 0 spiro atoms. The number of hydrogen-bond acceptors (Lipinski definition) is 5. The minimum absolute atomic E-state index is 0.0824. The van der Waals surface area contributed by atoms with Crippen LogP contribution in [-0.4, -0.2) is 39.5 Å². The van der Waals surface area contributed by atoms with Crippen molar-refractivity contribution in [2.75, 3.05) is 0 Å². The molecule has 2 aromatic rings. The van der Waals surface area contributed by atoms with Crippen LogP contribution in [0, 0.1) is 0 Å². The van der Waals surface area contributed by atoms with Gasteiger partial charge >= 0.3 is 0 Å². The van der Waals surface area contributed by atoms with Crippen molar-refractivity contribution >= 4 is 12.0 Å². The van der Waals surface area contributed by atoms with Gasteiger partial charge in [0.25, 0.3) is 0 Å². The standard InChI is InChI=1S/C26H35N3O4/c1-26(2,3)29(25(31)32)23(24(30)28-20-12-8-5-9-13-20)16-21-14-15-22(17-27-21)33-18-19-10-6-4-7-11-19/h4,6-7,10-11,14-15,17,20,23H,5,8-9,12-13,16,18H2,1-3H3,(H,28,30)(H,31,32)/p-1. The van der Waals surface area contributed by atoms with Gasteiger partial charge in [0.2, 0.25) is 5.91 Å². The Morgan fingerprint density at radius 3 is 2.39 bits per heavy atom. The molecule has 0 bridgehead atoms. The number of carbonyl (C=O) groups excluding carboxylic acids is 2. The molecule has 1 fully saturated rings. The molecular weight excluding hydrogens is 418 g/mol. The molecule has 2 amide bonds. The minimum atomic E-state index is -1.37. The lowest BCUT2D eigenvalue weighted by Crippen LogP contribution is -2.62. The van der Waals surface area contributed by atoms with Crippen LogP contribution in [0.25, 0.3) is 0 Å². The van der Waals surface area contributed by atoms with Gasteiger partial charge in [0.15, 0.2) is 0 Å². The summed E-state index contributed by atoms with van der Waals surface area (Å²) in [4.78, 5) is 30.9. The molecule has 1 aromatic heterocycles. The molecule has 1 aliphatic rings. The normalized spacial score (nSPS) is 15.5. The van der Waals surface area contributed by atoms with Crippen LogP contribution in [0.1, 0.15) is 64.1 Å². The van der Waals surface area contributed by atoms with Gasteiger partial charge in [-0.25, -0.2) is 0 Å². The first-order valence-corrected chi connectivity index (χ1v) is 11.7. The molecule has 0 aliphatic heterocycles. The molecule has 7 heteroatoms. The maximum absolute atomic E-state index is 13.2. The third-order valence-electron chi connectivity index (χ3n) is 5.93. The highest BCUT2D eigenvalue weighted by Crippen LogP contribution is 2.22. The van der Waals surface area contributed by atoms with Gasteiger partial charge in [-0.15, -0.1) is 0 Å². The summed E-state index contributed by atoms with van der Waals surface area (Å²) in [5.41, 5.74) is 0.865. The summed E-state index contributed by atoms with van der Waals surface area (Å²) in [6.07, 6.45) is 5.56. The van der Waals surface area contributed by atoms with E-state index in [9.17, 15) is 14.7 Å². The van der Waals surface area contributed by atoms with Gasteiger partial charge in [-0.2, -0.15) is 0 Å². The first kappa shape index (κ1) is 24.6. The van der Waals surface area contributed by atoms with E-state index in [4.69, 9.17) is 4.74 Å². The lowest BCUT2D eigenvalue weighted by Gasteiger charge is -2.43. The second-order valence-corrected chi connectivity index (χ2v) is 9.63. The first-order chi connectivity index (χ1) is 15.7. The Balaban J connectivity index is 1.72.